The standard InChI is InChI=1S/C7H5F3N2O/c8-7(9,10)6(13)4-1-2-12-3-5(4)11/h1-3H,11H2. The van der Waals surface area contributed by atoms with Crippen molar-refractivity contribution in [2.75, 3.05) is 5.73 Å². The zero-order valence-corrected chi connectivity index (χ0v) is 6.30. The molecule has 0 aliphatic carbocycles. The quantitative estimate of drug-likeness (QED) is 0.681. The first-order valence-electron chi connectivity index (χ1n) is 3.24. The molecule has 1 rings (SSSR count). The molecule has 0 spiro atoms. The maximum absolute atomic E-state index is 11.9. The molecule has 0 aliphatic rings. The molecular formula is C7H5F3N2O. The number of hydrogen-bond acceptors (Lipinski definition) is 3. The molecule has 0 aliphatic heterocycles. The van der Waals surface area contributed by atoms with Gasteiger partial charge in [-0.15, -0.1) is 0 Å². The van der Waals surface area contributed by atoms with Crippen molar-refractivity contribution < 1.29 is 18.0 Å². The molecule has 3 nitrogen and oxygen atoms in total. The van der Waals surface area contributed by atoms with Gasteiger partial charge >= 0.3 is 6.18 Å². The van der Waals surface area contributed by atoms with Crippen molar-refractivity contribution >= 4 is 11.5 Å². The minimum absolute atomic E-state index is 0.273. The Hall–Kier alpha value is -1.59. The third-order valence-corrected chi connectivity index (χ3v) is 1.35. The van der Waals surface area contributed by atoms with Crippen LogP contribution >= 0.6 is 0 Å². The van der Waals surface area contributed by atoms with E-state index in [0.29, 0.717) is 0 Å². The van der Waals surface area contributed by atoms with Gasteiger partial charge in [-0.25, -0.2) is 0 Å². The molecule has 2 N–H and O–H groups in total. The van der Waals surface area contributed by atoms with E-state index in [1.54, 1.807) is 0 Å². The van der Waals surface area contributed by atoms with Gasteiger partial charge in [-0.3, -0.25) is 9.78 Å². The summed E-state index contributed by atoms with van der Waals surface area (Å²) < 4.78 is 35.7. The number of ketones is 1. The molecule has 1 aromatic rings. The van der Waals surface area contributed by atoms with Crippen molar-refractivity contribution in [1.29, 1.82) is 0 Å². The fourth-order valence-electron chi connectivity index (χ4n) is 0.766. The van der Waals surface area contributed by atoms with Gasteiger partial charge in [-0.05, 0) is 6.07 Å². The summed E-state index contributed by atoms with van der Waals surface area (Å²) in [6.45, 7) is 0. The SMILES string of the molecule is Nc1cnccc1C(=O)C(F)(F)F. The summed E-state index contributed by atoms with van der Waals surface area (Å²) >= 11 is 0. The number of carbonyl (C=O) groups excluding carboxylic acids is 1. The molecule has 1 aromatic heterocycles. The van der Waals surface area contributed by atoms with E-state index in [0.717, 1.165) is 18.5 Å². The monoisotopic (exact) mass is 190 g/mol. The molecule has 0 bridgehead atoms. The molecule has 70 valence electrons. The van der Waals surface area contributed by atoms with E-state index in [9.17, 15) is 18.0 Å². The van der Waals surface area contributed by atoms with E-state index in [1.165, 1.54) is 0 Å². The zero-order chi connectivity index (χ0) is 10.1. The van der Waals surface area contributed by atoms with Crippen LogP contribution in [0.1, 0.15) is 10.4 Å². The van der Waals surface area contributed by atoms with Crippen LogP contribution in [0.2, 0.25) is 0 Å². The van der Waals surface area contributed by atoms with Crippen LogP contribution in [0.3, 0.4) is 0 Å². The number of hydrogen-bond donors (Lipinski definition) is 1. The first-order valence-corrected chi connectivity index (χ1v) is 3.24. The van der Waals surface area contributed by atoms with Gasteiger partial charge in [0.25, 0.3) is 5.78 Å². The van der Waals surface area contributed by atoms with Gasteiger partial charge in [0.1, 0.15) is 0 Å². The Kier molecular flexibility index (Phi) is 2.22. The molecule has 0 aromatic carbocycles. The van der Waals surface area contributed by atoms with E-state index < -0.39 is 17.5 Å². The summed E-state index contributed by atoms with van der Waals surface area (Å²) in [4.78, 5) is 14.1. The molecule has 0 atom stereocenters. The van der Waals surface area contributed by atoms with Gasteiger partial charge in [0.2, 0.25) is 0 Å². The third kappa shape index (κ3) is 1.95. The van der Waals surface area contributed by atoms with Crippen molar-refractivity contribution in [1.82, 2.24) is 4.98 Å². The van der Waals surface area contributed by atoms with Crippen LogP contribution < -0.4 is 5.73 Å². The van der Waals surface area contributed by atoms with Gasteiger partial charge in [0.15, 0.2) is 0 Å². The maximum atomic E-state index is 11.9. The summed E-state index contributed by atoms with van der Waals surface area (Å²) in [5.41, 5.74) is 4.29. The minimum Gasteiger partial charge on any atom is -0.397 e. The van der Waals surface area contributed by atoms with Crippen LogP contribution in [0.5, 0.6) is 0 Å². The Bertz CT molecular complexity index is 335. The molecule has 0 radical (unpaired) electrons. The Labute approximate surface area is 71.4 Å². The van der Waals surface area contributed by atoms with E-state index in [1.807, 2.05) is 0 Å². The fourth-order valence-corrected chi connectivity index (χ4v) is 0.766. The zero-order valence-electron chi connectivity index (χ0n) is 6.30. The average Bonchev–Trinajstić information content (AvgIpc) is 2.02. The number of anilines is 1. The fraction of sp³-hybridized carbons (Fsp3) is 0.143. The average molecular weight is 190 g/mol. The molecule has 0 fully saturated rings. The van der Waals surface area contributed by atoms with Gasteiger partial charge in [0, 0.05) is 6.20 Å². The second-order valence-corrected chi connectivity index (χ2v) is 2.29. The van der Waals surface area contributed by atoms with Gasteiger partial charge in [-0.1, -0.05) is 0 Å². The maximum Gasteiger partial charge on any atom is 0.454 e. The van der Waals surface area contributed by atoms with Crippen LogP contribution in [0, 0.1) is 0 Å². The molecule has 0 saturated heterocycles. The Morgan fingerprint density at radius 1 is 1.46 bits per heavy atom. The summed E-state index contributed by atoms with van der Waals surface area (Å²) in [6, 6.07) is 0.936. The largest absolute Gasteiger partial charge is 0.454 e. The number of nitrogens with two attached hydrogens (primary N) is 1. The van der Waals surface area contributed by atoms with Crippen LogP contribution in [0.4, 0.5) is 18.9 Å². The van der Waals surface area contributed by atoms with Crippen molar-refractivity contribution in [3.05, 3.63) is 24.0 Å². The van der Waals surface area contributed by atoms with E-state index in [4.69, 9.17) is 5.73 Å². The highest BCUT2D eigenvalue weighted by molar-refractivity contribution is 6.04. The van der Waals surface area contributed by atoms with Crippen molar-refractivity contribution in [2.24, 2.45) is 0 Å². The lowest BCUT2D eigenvalue weighted by atomic mass is 10.1. The lowest BCUT2D eigenvalue weighted by Gasteiger charge is -2.06. The van der Waals surface area contributed by atoms with Crippen LogP contribution in [-0.4, -0.2) is 16.9 Å². The summed E-state index contributed by atoms with van der Waals surface area (Å²) in [6.07, 6.45) is -2.82. The molecule has 0 saturated carbocycles. The number of pyridine rings is 1. The Morgan fingerprint density at radius 2 is 2.08 bits per heavy atom. The van der Waals surface area contributed by atoms with Crippen LogP contribution in [0.15, 0.2) is 18.5 Å². The minimum atomic E-state index is -4.89. The van der Waals surface area contributed by atoms with Crippen molar-refractivity contribution in [2.45, 2.75) is 6.18 Å². The van der Waals surface area contributed by atoms with E-state index >= 15 is 0 Å². The Balaban J connectivity index is 3.10. The van der Waals surface area contributed by atoms with E-state index in [-0.39, 0.29) is 5.69 Å². The number of nitrogen functional groups attached to an aromatic ring is 1. The third-order valence-electron chi connectivity index (χ3n) is 1.35. The highest BCUT2D eigenvalue weighted by atomic mass is 19.4. The smallest absolute Gasteiger partial charge is 0.397 e. The lowest BCUT2D eigenvalue weighted by molar-refractivity contribution is -0.0884. The highest BCUT2D eigenvalue weighted by Gasteiger charge is 2.40. The summed E-state index contributed by atoms with van der Waals surface area (Å²) in [5.74, 6) is -1.95. The molecular weight excluding hydrogens is 185 g/mol. The number of aromatic nitrogens is 1. The number of Topliss-reactive ketones (excluding diaryl/α,β-unsaturated/α-hetero) is 1. The molecule has 0 unspecified atom stereocenters. The number of rotatable bonds is 1. The topological polar surface area (TPSA) is 56.0 Å². The predicted molar refractivity (Wildman–Crippen MR) is 39.0 cm³/mol. The molecule has 6 heteroatoms. The molecule has 13 heavy (non-hydrogen) atoms. The lowest BCUT2D eigenvalue weighted by Crippen LogP contribution is -2.23. The second kappa shape index (κ2) is 3.04. The second-order valence-electron chi connectivity index (χ2n) is 2.29. The summed E-state index contributed by atoms with van der Waals surface area (Å²) in [5, 5.41) is 0. The van der Waals surface area contributed by atoms with Crippen molar-refractivity contribution in [3.8, 4) is 0 Å². The number of halogens is 3. The number of nitrogens with zero attached hydrogens (tertiary/aromatic N) is 1. The van der Waals surface area contributed by atoms with E-state index in [2.05, 4.69) is 4.98 Å². The van der Waals surface area contributed by atoms with Gasteiger partial charge in [-0.2, -0.15) is 13.2 Å². The van der Waals surface area contributed by atoms with Gasteiger partial charge < -0.3 is 5.73 Å². The Morgan fingerprint density at radius 3 is 2.54 bits per heavy atom. The normalized spacial score (nSPS) is 11.3. The number of alkyl halides is 3. The van der Waals surface area contributed by atoms with Crippen molar-refractivity contribution in [3.63, 3.8) is 0 Å². The first kappa shape index (κ1) is 9.50. The summed E-state index contributed by atoms with van der Waals surface area (Å²) in [7, 11) is 0. The van der Waals surface area contributed by atoms with Crippen LogP contribution in [-0.2, 0) is 0 Å². The molecule has 0 amide bonds. The predicted octanol–water partition coefficient (Wildman–Crippen LogP) is 1.41. The van der Waals surface area contributed by atoms with Gasteiger partial charge in [0.05, 0.1) is 17.4 Å². The highest BCUT2D eigenvalue weighted by Crippen LogP contribution is 2.23. The number of carbonyl (C=O) groups is 1. The van der Waals surface area contributed by atoms with Crippen LogP contribution in [0.25, 0.3) is 0 Å². The first-order chi connectivity index (χ1) is 5.93. The molecule has 1 heterocycles.